The van der Waals surface area contributed by atoms with Crippen LogP contribution in [0.2, 0.25) is 0 Å². The number of rotatable bonds is 3. The third-order valence-corrected chi connectivity index (χ3v) is 2.57. The van der Waals surface area contributed by atoms with E-state index in [1.165, 1.54) is 0 Å². The number of halogens is 3. The molecule has 1 aromatic carbocycles. The predicted octanol–water partition coefficient (Wildman–Crippen LogP) is 2.70. The fourth-order valence-corrected chi connectivity index (χ4v) is 1.77. The average Bonchev–Trinajstić information content (AvgIpc) is 2.62. The minimum atomic E-state index is -2.36. The molecular formula is C11H14ClF2NO. The predicted molar refractivity (Wildman–Crippen MR) is 60.4 cm³/mol. The summed E-state index contributed by atoms with van der Waals surface area (Å²) in [6.07, 6.45) is -1.81. The second-order valence-corrected chi connectivity index (χ2v) is 3.70. The maximum atomic E-state index is 12.1. The van der Waals surface area contributed by atoms with Gasteiger partial charge in [0, 0.05) is 18.9 Å². The van der Waals surface area contributed by atoms with Crippen molar-refractivity contribution in [2.75, 3.05) is 6.61 Å². The van der Waals surface area contributed by atoms with Crippen LogP contribution in [0, 0.1) is 0 Å². The molecule has 0 amide bonds. The van der Waals surface area contributed by atoms with Crippen molar-refractivity contribution in [1.82, 2.24) is 0 Å². The molecule has 0 saturated heterocycles. The van der Waals surface area contributed by atoms with Gasteiger partial charge in [-0.05, 0) is 17.2 Å². The van der Waals surface area contributed by atoms with Crippen molar-refractivity contribution in [3.05, 3.63) is 29.3 Å². The minimum Gasteiger partial charge on any atom is -0.493 e. The van der Waals surface area contributed by atoms with Gasteiger partial charge >= 0.3 is 0 Å². The van der Waals surface area contributed by atoms with E-state index in [-0.39, 0.29) is 18.8 Å². The smallest absolute Gasteiger partial charge is 0.240 e. The van der Waals surface area contributed by atoms with Crippen LogP contribution in [0.1, 0.15) is 23.6 Å². The van der Waals surface area contributed by atoms with Crippen LogP contribution in [0.4, 0.5) is 8.78 Å². The lowest BCUT2D eigenvalue weighted by atomic mass is 10.0. The summed E-state index contributed by atoms with van der Waals surface area (Å²) in [6, 6.07) is 4.85. The first-order chi connectivity index (χ1) is 7.16. The van der Waals surface area contributed by atoms with Gasteiger partial charge in [0.1, 0.15) is 5.75 Å². The second-order valence-electron chi connectivity index (χ2n) is 3.70. The maximum absolute atomic E-state index is 12.1. The van der Waals surface area contributed by atoms with Crippen LogP contribution in [-0.4, -0.2) is 13.0 Å². The van der Waals surface area contributed by atoms with Gasteiger partial charge in [0.2, 0.25) is 6.43 Å². The Morgan fingerprint density at radius 2 is 2.12 bits per heavy atom. The molecule has 0 aromatic heterocycles. The highest BCUT2D eigenvalue weighted by Gasteiger charge is 2.17. The molecule has 1 aliphatic rings. The van der Waals surface area contributed by atoms with Gasteiger partial charge in [-0.25, -0.2) is 8.78 Å². The van der Waals surface area contributed by atoms with Crippen LogP contribution in [-0.2, 0) is 6.42 Å². The Kier molecular flexibility index (Phi) is 4.50. The first-order valence-corrected chi connectivity index (χ1v) is 4.96. The molecule has 2 N–H and O–H groups in total. The van der Waals surface area contributed by atoms with Gasteiger partial charge in [-0.3, -0.25) is 0 Å². The van der Waals surface area contributed by atoms with Gasteiger partial charge in [0.25, 0.3) is 0 Å². The summed E-state index contributed by atoms with van der Waals surface area (Å²) < 4.78 is 29.6. The Morgan fingerprint density at radius 1 is 1.38 bits per heavy atom. The SMILES string of the molecule is Cl.N[C@H](CC(F)F)c1ccc2c(c1)CCO2. The molecule has 0 saturated carbocycles. The van der Waals surface area contributed by atoms with Crippen molar-refractivity contribution in [3.8, 4) is 5.75 Å². The third-order valence-electron chi connectivity index (χ3n) is 2.57. The summed E-state index contributed by atoms with van der Waals surface area (Å²) in [5, 5.41) is 0. The normalized spacial score (nSPS) is 15.2. The van der Waals surface area contributed by atoms with E-state index in [4.69, 9.17) is 10.5 Å². The van der Waals surface area contributed by atoms with E-state index in [0.29, 0.717) is 6.61 Å². The molecular weight excluding hydrogens is 236 g/mol. The fraction of sp³-hybridized carbons (Fsp3) is 0.455. The molecule has 1 heterocycles. The molecule has 5 heteroatoms. The van der Waals surface area contributed by atoms with Gasteiger partial charge in [-0.15, -0.1) is 12.4 Å². The molecule has 0 aliphatic carbocycles. The van der Waals surface area contributed by atoms with Crippen molar-refractivity contribution in [3.63, 3.8) is 0 Å². The molecule has 2 rings (SSSR count). The molecule has 0 radical (unpaired) electrons. The zero-order valence-corrected chi connectivity index (χ0v) is 9.47. The molecule has 2 nitrogen and oxygen atoms in total. The molecule has 0 unspecified atom stereocenters. The molecule has 90 valence electrons. The number of hydrogen-bond acceptors (Lipinski definition) is 2. The van der Waals surface area contributed by atoms with Crippen LogP contribution in [0.5, 0.6) is 5.75 Å². The molecule has 16 heavy (non-hydrogen) atoms. The lowest BCUT2D eigenvalue weighted by Gasteiger charge is -2.12. The average molecular weight is 250 g/mol. The lowest BCUT2D eigenvalue weighted by molar-refractivity contribution is 0.128. The van der Waals surface area contributed by atoms with E-state index in [1.54, 1.807) is 6.07 Å². The Hall–Kier alpha value is -0.870. The lowest BCUT2D eigenvalue weighted by Crippen LogP contribution is -2.14. The molecule has 1 aliphatic heterocycles. The first kappa shape index (κ1) is 13.2. The first-order valence-electron chi connectivity index (χ1n) is 4.96. The fourth-order valence-electron chi connectivity index (χ4n) is 1.77. The van der Waals surface area contributed by atoms with Gasteiger partial charge in [-0.1, -0.05) is 12.1 Å². The quantitative estimate of drug-likeness (QED) is 0.894. The number of benzene rings is 1. The summed E-state index contributed by atoms with van der Waals surface area (Å²) in [4.78, 5) is 0. The summed E-state index contributed by atoms with van der Waals surface area (Å²) in [6.45, 7) is 0.670. The highest BCUT2D eigenvalue weighted by Crippen LogP contribution is 2.29. The van der Waals surface area contributed by atoms with E-state index < -0.39 is 12.5 Å². The van der Waals surface area contributed by atoms with Crippen LogP contribution >= 0.6 is 12.4 Å². The monoisotopic (exact) mass is 249 g/mol. The molecule has 0 spiro atoms. The summed E-state index contributed by atoms with van der Waals surface area (Å²) in [7, 11) is 0. The largest absolute Gasteiger partial charge is 0.493 e. The second kappa shape index (κ2) is 5.46. The highest BCUT2D eigenvalue weighted by atomic mass is 35.5. The Labute approximate surface area is 99.2 Å². The minimum absolute atomic E-state index is 0. The molecule has 1 atom stereocenters. The van der Waals surface area contributed by atoms with Crippen molar-refractivity contribution < 1.29 is 13.5 Å². The standard InChI is InChI=1S/C11H13F2NO.ClH/c12-11(13)6-9(14)7-1-2-10-8(5-7)3-4-15-10;/h1-2,5,9,11H,3-4,6,14H2;1H/t9-;/m1./s1. The number of fused-ring (bicyclic) bond motifs is 1. The third kappa shape index (κ3) is 2.83. The van der Waals surface area contributed by atoms with E-state index in [1.807, 2.05) is 12.1 Å². The Morgan fingerprint density at radius 3 is 2.81 bits per heavy atom. The number of hydrogen-bond donors (Lipinski definition) is 1. The van der Waals surface area contributed by atoms with Crippen molar-refractivity contribution in [1.29, 1.82) is 0 Å². The zero-order chi connectivity index (χ0) is 10.8. The van der Waals surface area contributed by atoms with E-state index in [9.17, 15) is 8.78 Å². The van der Waals surface area contributed by atoms with E-state index >= 15 is 0 Å². The van der Waals surface area contributed by atoms with Gasteiger partial charge in [0.05, 0.1) is 6.61 Å². The van der Waals surface area contributed by atoms with Crippen molar-refractivity contribution in [2.45, 2.75) is 25.3 Å². The molecule has 0 fully saturated rings. The van der Waals surface area contributed by atoms with E-state index in [2.05, 4.69) is 0 Å². The molecule has 0 bridgehead atoms. The van der Waals surface area contributed by atoms with Gasteiger partial charge in [-0.2, -0.15) is 0 Å². The van der Waals surface area contributed by atoms with Gasteiger partial charge < -0.3 is 10.5 Å². The maximum Gasteiger partial charge on any atom is 0.240 e. The molecule has 1 aromatic rings. The topological polar surface area (TPSA) is 35.2 Å². The number of alkyl halides is 2. The summed E-state index contributed by atoms with van der Waals surface area (Å²) in [5.74, 6) is 0.850. The summed E-state index contributed by atoms with van der Waals surface area (Å²) >= 11 is 0. The van der Waals surface area contributed by atoms with Crippen LogP contribution in [0.25, 0.3) is 0 Å². The number of ether oxygens (including phenoxy) is 1. The summed E-state index contributed by atoms with van der Waals surface area (Å²) in [5.41, 5.74) is 7.50. The van der Waals surface area contributed by atoms with Gasteiger partial charge in [0.15, 0.2) is 0 Å². The Bertz CT molecular complexity index is 360. The highest BCUT2D eigenvalue weighted by molar-refractivity contribution is 5.85. The van der Waals surface area contributed by atoms with Crippen molar-refractivity contribution in [2.24, 2.45) is 5.73 Å². The van der Waals surface area contributed by atoms with Crippen molar-refractivity contribution >= 4 is 12.4 Å². The van der Waals surface area contributed by atoms with Crippen LogP contribution < -0.4 is 10.5 Å². The van der Waals surface area contributed by atoms with Crippen LogP contribution in [0.15, 0.2) is 18.2 Å². The Balaban J connectivity index is 0.00000128. The van der Waals surface area contributed by atoms with E-state index in [0.717, 1.165) is 23.3 Å². The van der Waals surface area contributed by atoms with Crippen LogP contribution in [0.3, 0.4) is 0 Å². The number of nitrogens with two attached hydrogens (primary N) is 1. The zero-order valence-electron chi connectivity index (χ0n) is 8.66.